The molecule has 0 heterocycles. The van der Waals surface area contributed by atoms with E-state index in [1.165, 1.54) is 18.7 Å². The summed E-state index contributed by atoms with van der Waals surface area (Å²) in [5.41, 5.74) is 6.00. The number of hydrogen-bond acceptors (Lipinski definition) is 9. The molecule has 0 aliphatic rings. The van der Waals surface area contributed by atoms with Crippen LogP contribution in [0.2, 0.25) is 0 Å². The SMILES string of the molecule is CC[C@H](C)[C@H](N)C(=O)N[C@H](C(=O)N[C@@H](CC(C)C)C(=O)N[C@H](C(=O)N[C@@H](CCSC)C(=O)N[C@@H](CC(C)C)C(=O)O)C(C)C)[C@@H](C)O. The predicted molar refractivity (Wildman–Crippen MR) is 183 cm³/mol. The third-order valence-electron chi connectivity index (χ3n) is 7.77. The van der Waals surface area contributed by atoms with Crippen molar-refractivity contribution in [1.29, 1.82) is 0 Å². The first-order valence-electron chi connectivity index (χ1n) is 16.4. The molecule has 0 aromatic carbocycles. The summed E-state index contributed by atoms with van der Waals surface area (Å²) in [6, 6.07) is -6.69. The Balaban J connectivity index is 5.98. The highest BCUT2D eigenvalue weighted by Gasteiger charge is 2.35. The lowest BCUT2D eigenvalue weighted by molar-refractivity contribution is -0.143. The molecule has 47 heavy (non-hydrogen) atoms. The van der Waals surface area contributed by atoms with E-state index in [1.54, 1.807) is 20.8 Å². The van der Waals surface area contributed by atoms with Crippen LogP contribution in [0.4, 0.5) is 0 Å². The van der Waals surface area contributed by atoms with Crippen molar-refractivity contribution in [2.45, 2.75) is 130 Å². The largest absolute Gasteiger partial charge is 0.480 e. The highest BCUT2D eigenvalue weighted by molar-refractivity contribution is 7.98. The lowest BCUT2D eigenvalue weighted by atomic mass is 9.98. The van der Waals surface area contributed by atoms with Gasteiger partial charge in [-0.3, -0.25) is 24.0 Å². The van der Waals surface area contributed by atoms with Gasteiger partial charge in [0, 0.05) is 0 Å². The van der Waals surface area contributed by atoms with Crippen LogP contribution in [0.1, 0.15) is 88.0 Å². The maximum absolute atomic E-state index is 13.6. The number of carboxylic acids is 1. The number of nitrogens with one attached hydrogen (secondary N) is 5. The molecule has 5 amide bonds. The van der Waals surface area contributed by atoms with Gasteiger partial charge in [0.05, 0.1) is 12.1 Å². The summed E-state index contributed by atoms with van der Waals surface area (Å²) in [7, 11) is 0. The summed E-state index contributed by atoms with van der Waals surface area (Å²) in [6.07, 6.45) is 1.79. The predicted octanol–water partition coefficient (Wildman–Crippen LogP) is 0.751. The maximum atomic E-state index is 13.6. The molecule has 15 heteroatoms. The van der Waals surface area contributed by atoms with Crippen molar-refractivity contribution in [2.24, 2.45) is 29.4 Å². The number of amides is 5. The topological polar surface area (TPSA) is 229 Å². The van der Waals surface area contributed by atoms with E-state index < -0.39 is 83.8 Å². The summed E-state index contributed by atoms with van der Waals surface area (Å²) in [6.45, 7) is 15.8. The first kappa shape index (κ1) is 44.1. The number of carbonyl (C=O) groups excluding carboxylic acids is 5. The molecule has 0 saturated heterocycles. The highest BCUT2D eigenvalue weighted by Crippen LogP contribution is 2.12. The molecule has 9 N–H and O–H groups in total. The van der Waals surface area contributed by atoms with Crippen LogP contribution in [0.3, 0.4) is 0 Å². The highest BCUT2D eigenvalue weighted by atomic mass is 32.2. The molecule has 0 saturated carbocycles. The van der Waals surface area contributed by atoms with Crippen LogP contribution in [-0.4, -0.2) is 100 Å². The van der Waals surface area contributed by atoms with Crippen LogP contribution < -0.4 is 32.3 Å². The zero-order chi connectivity index (χ0) is 36.6. The minimum absolute atomic E-state index is 0.00456. The third-order valence-corrected chi connectivity index (χ3v) is 8.42. The monoisotopic (exact) mass is 688 g/mol. The second kappa shape index (κ2) is 21.9. The minimum atomic E-state index is -1.38. The van der Waals surface area contributed by atoms with Crippen molar-refractivity contribution >= 4 is 47.3 Å². The van der Waals surface area contributed by atoms with Crippen molar-refractivity contribution in [1.82, 2.24) is 26.6 Å². The van der Waals surface area contributed by atoms with Gasteiger partial charge in [-0.05, 0) is 61.9 Å². The Bertz CT molecular complexity index is 1040. The number of nitrogens with two attached hydrogens (primary N) is 1. The fourth-order valence-corrected chi connectivity index (χ4v) is 5.12. The molecule has 8 atom stereocenters. The van der Waals surface area contributed by atoms with Crippen LogP contribution in [0.15, 0.2) is 0 Å². The minimum Gasteiger partial charge on any atom is -0.480 e. The van der Waals surface area contributed by atoms with Gasteiger partial charge < -0.3 is 42.5 Å². The molecule has 0 aromatic heterocycles. The van der Waals surface area contributed by atoms with E-state index in [9.17, 15) is 39.0 Å². The standard InChI is InChI=1S/C32H60N6O8S/c1-11-19(8)24(33)29(42)38-26(20(9)39)31(44)35-22(14-16(2)3)28(41)37-25(18(6)7)30(43)34-21(12-13-47-10)27(40)36-23(32(45)46)15-17(4)5/h16-26,39H,11-15,33H2,1-10H3,(H,34,43)(H,35,44)(H,36,40)(H,37,41)(H,38,42)(H,45,46)/t19-,20+,21-,22-,23-,24-,25-,26-/m0/s1. The zero-order valence-corrected chi connectivity index (χ0v) is 30.5. The van der Waals surface area contributed by atoms with Crippen LogP contribution in [0.25, 0.3) is 0 Å². The Morgan fingerprint density at radius 3 is 1.55 bits per heavy atom. The number of aliphatic carboxylic acids is 1. The molecule has 0 bridgehead atoms. The number of carboxylic acid groups (broad SMARTS) is 1. The lowest BCUT2D eigenvalue weighted by Crippen LogP contribution is -2.61. The molecule has 0 radical (unpaired) electrons. The Hall–Kier alpha value is -2.91. The van der Waals surface area contributed by atoms with Gasteiger partial charge in [-0.1, -0.05) is 61.8 Å². The number of rotatable bonds is 22. The summed E-state index contributed by atoms with van der Waals surface area (Å²) in [4.78, 5) is 77.9. The molecule has 0 spiro atoms. The average Bonchev–Trinajstić information content (AvgIpc) is 2.97. The second-order valence-corrected chi connectivity index (χ2v) is 14.4. The zero-order valence-electron chi connectivity index (χ0n) is 29.7. The van der Waals surface area contributed by atoms with Crippen molar-refractivity contribution in [3.8, 4) is 0 Å². The van der Waals surface area contributed by atoms with E-state index in [0.717, 1.165) is 0 Å². The normalized spacial score (nSPS) is 16.7. The first-order valence-corrected chi connectivity index (χ1v) is 17.8. The summed E-state index contributed by atoms with van der Waals surface area (Å²) in [5, 5.41) is 32.9. The molecule has 272 valence electrons. The Morgan fingerprint density at radius 2 is 1.11 bits per heavy atom. The van der Waals surface area contributed by atoms with Crippen molar-refractivity contribution in [3.63, 3.8) is 0 Å². The molecular weight excluding hydrogens is 628 g/mol. The summed E-state index contributed by atoms with van der Waals surface area (Å²) in [5.74, 6) is -4.69. The number of carbonyl (C=O) groups is 6. The lowest BCUT2D eigenvalue weighted by Gasteiger charge is -2.30. The Morgan fingerprint density at radius 1 is 0.660 bits per heavy atom. The summed E-state index contributed by atoms with van der Waals surface area (Å²) >= 11 is 1.45. The van der Waals surface area contributed by atoms with Gasteiger partial charge in [0.25, 0.3) is 0 Å². The molecule has 0 aliphatic carbocycles. The second-order valence-electron chi connectivity index (χ2n) is 13.4. The van der Waals surface area contributed by atoms with Crippen LogP contribution in [0, 0.1) is 23.7 Å². The Kier molecular flexibility index (Phi) is 20.5. The van der Waals surface area contributed by atoms with E-state index in [-0.39, 0.29) is 37.0 Å². The van der Waals surface area contributed by atoms with Crippen LogP contribution >= 0.6 is 11.8 Å². The van der Waals surface area contributed by atoms with Crippen molar-refractivity contribution in [3.05, 3.63) is 0 Å². The van der Waals surface area contributed by atoms with Gasteiger partial charge in [0.1, 0.15) is 30.2 Å². The molecule has 14 nitrogen and oxygen atoms in total. The van der Waals surface area contributed by atoms with E-state index in [1.807, 2.05) is 40.9 Å². The van der Waals surface area contributed by atoms with Gasteiger partial charge in [-0.15, -0.1) is 0 Å². The number of aliphatic hydroxyl groups is 1. The van der Waals surface area contributed by atoms with Gasteiger partial charge in [0.15, 0.2) is 0 Å². The van der Waals surface area contributed by atoms with Gasteiger partial charge in [0.2, 0.25) is 29.5 Å². The molecule has 0 aromatic rings. The number of hydrogen-bond donors (Lipinski definition) is 8. The van der Waals surface area contributed by atoms with E-state index >= 15 is 0 Å². The fraction of sp³-hybridized carbons (Fsp3) is 0.812. The molecule has 0 unspecified atom stereocenters. The molecule has 0 aliphatic heterocycles. The van der Waals surface area contributed by atoms with Crippen LogP contribution in [-0.2, 0) is 28.8 Å². The first-order chi connectivity index (χ1) is 21.8. The van der Waals surface area contributed by atoms with Gasteiger partial charge in [-0.25, -0.2) is 4.79 Å². The summed E-state index contributed by atoms with van der Waals surface area (Å²) < 4.78 is 0. The Labute approximate surface area is 284 Å². The van der Waals surface area contributed by atoms with Gasteiger partial charge >= 0.3 is 5.97 Å². The molecule has 0 rings (SSSR count). The number of thioether (sulfide) groups is 1. The third kappa shape index (κ3) is 16.2. The van der Waals surface area contributed by atoms with E-state index in [4.69, 9.17) is 5.73 Å². The van der Waals surface area contributed by atoms with Crippen molar-refractivity contribution in [2.75, 3.05) is 12.0 Å². The smallest absolute Gasteiger partial charge is 0.326 e. The number of aliphatic hydroxyl groups excluding tert-OH is 1. The quantitative estimate of drug-likeness (QED) is 0.0796. The maximum Gasteiger partial charge on any atom is 0.326 e. The van der Waals surface area contributed by atoms with E-state index in [2.05, 4.69) is 26.6 Å². The van der Waals surface area contributed by atoms with Crippen LogP contribution in [0.5, 0.6) is 0 Å². The van der Waals surface area contributed by atoms with E-state index in [0.29, 0.717) is 12.2 Å². The average molecular weight is 689 g/mol. The van der Waals surface area contributed by atoms with Crippen molar-refractivity contribution < 1.29 is 39.0 Å². The molecular formula is C32H60N6O8S. The fourth-order valence-electron chi connectivity index (χ4n) is 4.65. The molecule has 0 fully saturated rings. The van der Waals surface area contributed by atoms with Gasteiger partial charge in [-0.2, -0.15) is 11.8 Å².